The van der Waals surface area contributed by atoms with Gasteiger partial charge in [0, 0.05) is 0 Å². The summed E-state index contributed by atoms with van der Waals surface area (Å²) in [4.78, 5) is 0. The van der Waals surface area contributed by atoms with Crippen molar-refractivity contribution in [1.29, 1.82) is 0 Å². The van der Waals surface area contributed by atoms with Crippen molar-refractivity contribution in [3.05, 3.63) is 0 Å². The molecule has 0 aromatic rings. The Labute approximate surface area is 51.7 Å². The minimum atomic E-state index is 0. The molecule has 28 valence electrons. The third-order valence-electron chi connectivity index (χ3n) is 0. The first kappa shape index (κ1) is 75.2. The Morgan fingerprint density at radius 3 is 0.500 bits per heavy atom. The van der Waals surface area contributed by atoms with Crippen LogP contribution >= 0.6 is 0 Å². The molecule has 0 spiro atoms. The zero-order valence-electron chi connectivity index (χ0n) is 1.22. The van der Waals surface area contributed by atoms with Crippen LogP contribution in [0.2, 0.25) is 0 Å². The first-order chi connectivity index (χ1) is 0. The molecule has 0 aliphatic carbocycles. The Balaban J connectivity index is 0. The summed E-state index contributed by atoms with van der Waals surface area (Å²) in [6, 6.07) is 0. The van der Waals surface area contributed by atoms with Crippen molar-refractivity contribution in [3.8, 4) is 0 Å². The average molecular weight is 102 g/mol. The molecule has 0 heterocycles. The molecule has 4 heavy (non-hydrogen) atoms. The molecule has 0 radical (unpaired) electrons. The maximum absolute atomic E-state index is 0. The molecule has 0 saturated heterocycles. The van der Waals surface area contributed by atoms with Gasteiger partial charge in [0.2, 0.25) is 0 Å². The second-order valence-corrected chi connectivity index (χ2v) is 0. The number of hydrogen-bond acceptors (Lipinski definition) is 0. The molecule has 0 saturated carbocycles. The van der Waals surface area contributed by atoms with Crippen LogP contribution in [0.5, 0.6) is 0 Å². The Hall–Kier alpha value is 1.05. The van der Waals surface area contributed by atoms with Crippen LogP contribution in [-0.2, 0) is 0 Å². The number of rotatable bonds is 0. The van der Waals surface area contributed by atoms with Gasteiger partial charge in [-0.2, -0.15) is 0 Å². The second-order valence-electron chi connectivity index (χ2n) is 0. The topological polar surface area (TPSA) is 0 Å². The van der Waals surface area contributed by atoms with E-state index in [1.165, 1.54) is 0 Å². The van der Waals surface area contributed by atoms with Crippen LogP contribution < -0.4 is 0 Å². The normalized spacial score (nSPS) is 0. The number of halogens is 3. The molecule has 0 aromatic heterocycles. The van der Waals surface area contributed by atoms with Crippen molar-refractivity contribution in [3.63, 3.8) is 0 Å². The Morgan fingerprint density at radius 2 is 0.500 bits per heavy atom. The van der Waals surface area contributed by atoms with Gasteiger partial charge in [-0.1, -0.05) is 0 Å². The zero-order valence-corrected chi connectivity index (χ0v) is 1.22. The van der Waals surface area contributed by atoms with Crippen molar-refractivity contribution in [2.24, 2.45) is 0 Å². The van der Waals surface area contributed by atoms with E-state index in [2.05, 4.69) is 0 Å². The average Bonchev–Trinajstić information content (AvgIpc) is 0. The van der Waals surface area contributed by atoms with E-state index in [-0.39, 0.29) is 51.9 Å². The van der Waals surface area contributed by atoms with E-state index in [1.807, 2.05) is 0 Å². The monoisotopic (exact) mass is 102 g/mol. The van der Waals surface area contributed by atoms with Crippen molar-refractivity contribution >= 4 is 37.7 Å². The molecule has 0 aliphatic rings. The molecule has 0 N–H and O–H groups in total. The molecule has 0 amide bonds. The van der Waals surface area contributed by atoms with Crippen LogP contribution in [0.25, 0.3) is 0 Å². The molecule has 0 bridgehead atoms. The molecule has 0 unspecified atom stereocenters. The summed E-state index contributed by atoms with van der Waals surface area (Å²) in [5.41, 5.74) is 0. The van der Waals surface area contributed by atoms with Crippen molar-refractivity contribution in [2.45, 2.75) is 0 Å². The van der Waals surface area contributed by atoms with E-state index in [0.717, 1.165) is 0 Å². The summed E-state index contributed by atoms with van der Waals surface area (Å²) in [5, 5.41) is 0. The van der Waals surface area contributed by atoms with Gasteiger partial charge in [0.1, 0.15) is 0 Å². The Morgan fingerprint density at radius 1 is 0.500 bits per heavy atom. The van der Waals surface area contributed by atoms with Crippen LogP contribution in [0.4, 0.5) is 14.1 Å². The molecule has 0 aromatic carbocycles. The van der Waals surface area contributed by atoms with Gasteiger partial charge >= 0.3 is 37.7 Å². The fourth-order valence-corrected chi connectivity index (χ4v) is 0. The fraction of sp³-hybridized carbons (Fsp3) is 0. The quantitative estimate of drug-likeness (QED) is 0.363. The predicted octanol–water partition coefficient (Wildman–Crippen LogP) is -0.459. The minimum absolute atomic E-state index is 0. The van der Waals surface area contributed by atoms with Crippen molar-refractivity contribution in [2.75, 3.05) is 0 Å². The van der Waals surface area contributed by atoms with Gasteiger partial charge < -0.3 is 0 Å². The molecule has 0 atom stereocenters. The van der Waals surface area contributed by atoms with Gasteiger partial charge in [-0.25, -0.2) is 0 Å². The first-order valence-electron chi connectivity index (χ1n) is 0. The Kier molecular flexibility index (Phi) is 642. The fourth-order valence-electron chi connectivity index (χ4n) is 0. The SMILES string of the molecule is F.F.F.[CaH2]. The van der Waals surface area contributed by atoms with Gasteiger partial charge in [-0.05, 0) is 0 Å². The summed E-state index contributed by atoms with van der Waals surface area (Å²) < 4.78 is 0. The van der Waals surface area contributed by atoms with Gasteiger partial charge in [0.05, 0.1) is 0 Å². The van der Waals surface area contributed by atoms with Crippen LogP contribution in [0, 0.1) is 0 Å². The number of hydrogen-bond donors (Lipinski definition) is 0. The van der Waals surface area contributed by atoms with Crippen molar-refractivity contribution in [1.82, 2.24) is 0 Å². The third kappa shape index (κ3) is 11.6. The molecular formula is H5CaF3. The zero-order chi connectivity index (χ0) is 0. The summed E-state index contributed by atoms with van der Waals surface area (Å²) in [7, 11) is 0. The van der Waals surface area contributed by atoms with E-state index in [0.29, 0.717) is 0 Å². The van der Waals surface area contributed by atoms with Gasteiger partial charge in [0.15, 0.2) is 0 Å². The standard InChI is InChI=1S/Ca.3FH.2H/h;3*1H;;. The van der Waals surface area contributed by atoms with Gasteiger partial charge in [0.25, 0.3) is 0 Å². The summed E-state index contributed by atoms with van der Waals surface area (Å²) in [6.45, 7) is 0. The van der Waals surface area contributed by atoms with E-state index >= 15 is 0 Å². The van der Waals surface area contributed by atoms with E-state index in [9.17, 15) is 0 Å². The van der Waals surface area contributed by atoms with Crippen LogP contribution in [-0.4, -0.2) is 37.7 Å². The van der Waals surface area contributed by atoms with Gasteiger partial charge in [-0.3, -0.25) is 14.1 Å². The molecule has 0 fully saturated rings. The Bertz CT molecular complexity index is 3.25. The first-order valence-corrected chi connectivity index (χ1v) is 0. The predicted molar refractivity (Wildman–Crippen MR) is 16.1 cm³/mol. The summed E-state index contributed by atoms with van der Waals surface area (Å²) in [5.74, 6) is 0. The van der Waals surface area contributed by atoms with Crippen molar-refractivity contribution < 1.29 is 14.1 Å². The molecule has 4 heteroatoms. The maximum atomic E-state index is 0. The van der Waals surface area contributed by atoms with Gasteiger partial charge in [-0.15, -0.1) is 0 Å². The van der Waals surface area contributed by atoms with E-state index in [4.69, 9.17) is 0 Å². The summed E-state index contributed by atoms with van der Waals surface area (Å²) >= 11 is 0. The van der Waals surface area contributed by atoms with Crippen LogP contribution in [0.1, 0.15) is 0 Å². The molecule has 0 aliphatic heterocycles. The van der Waals surface area contributed by atoms with E-state index in [1.54, 1.807) is 0 Å². The van der Waals surface area contributed by atoms with Crippen LogP contribution in [0.3, 0.4) is 0 Å². The second kappa shape index (κ2) is 34.2. The summed E-state index contributed by atoms with van der Waals surface area (Å²) in [6.07, 6.45) is 0. The van der Waals surface area contributed by atoms with Crippen LogP contribution in [0.15, 0.2) is 0 Å². The van der Waals surface area contributed by atoms with E-state index < -0.39 is 0 Å². The molecular weight excluding hydrogens is 97.1 g/mol. The molecule has 0 rings (SSSR count). The third-order valence-corrected chi connectivity index (χ3v) is 0. The molecule has 0 nitrogen and oxygen atoms in total.